The summed E-state index contributed by atoms with van der Waals surface area (Å²) in [5.41, 5.74) is -0.331. The molecule has 29 heavy (non-hydrogen) atoms. The summed E-state index contributed by atoms with van der Waals surface area (Å²) in [5.74, 6) is -2.34. The zero-order chi connectivity index (χ0) is 20.8. The van der Waals surface area contributed by atoms with Crippen LogP contribution in [0.1, 0.15) is 37.2 Å². The van der Waals surface area contributed by atoms with Gasteiger partial charge in [-0.05, 0) is 31.9 Å². The first-order valence-electron chi connectivity index (χ1n) is 9.03. The van der Waals surface area contributed by atoms with Crippen molar-refractivity contribution in [2.75, 3.05) is 5.32 Å². The third-order valence-electron chi connectivity index (χ3n) is 4.90. The second-order valence-corrected chi connectivity index (χ2v) is 7.11. The molecule has 1 aliphatic rings. The van der Waals surface area contributed by atoms with E-state index in [2.05, 4.69) is 30.5 Å². The molecule has 1 aliphatic carbocycles. The number of nitrogens with one attached hydrogen (secondary N) is 2. The number of fused-ring (bicyclic) bond motifs is 1. The fraction of sp³-hybridized carbons (Fsp3) is 0.444. The summed E-state index contributed by atoms with van der Waals surface area (Å²) >= 11 is 0. The highest BCUT2D eigenvalue weighted by atomic mass is 19.4. The van der Waals surface area contributed by atoms with Crippen LogP contribution in [0, 0.1) is 6.92 Å². The third kappa shape index (κ3) is 3.99. The molecule has 154 valence electrons. The van der Waals surface area contributed by atoms with Gasteiger partial charge in [-0.15, -0.1) is 0 Å². The van der Waals surface area contributed by atoms with E-state index in [0.717, 1.165) is 6.07 Å². The summed E-state index contributed by atoms with van der Waals surface area (Å²) in [6, 6.07) is 2.25. The van der Waals surface area contributed by atoms with Crippen molar-refractivity contribution in [2.45, 2.75) is 50.7 Å². The minimum Gasteiger partial charge on any atom is -0.367 e. The fourth-order valence-electron chi connectivity index (χ4n) is 3.47. The van der Waals surface area contributed by atoms with Crippen LogP contribution in [0.15, 0.2) is 18.3 Å². The molecule has 6 nitrogen and oxygen atoms in total. The van der Waals surface area contributed by atoms with E-state index in [-0.39, 0.29) is 48.9 Å². The maximum absolute atomic E-state index is 13.4. The number of aryl methyl sites for hydroxylation is 1. The zero-order valence-corrected chi connectivity index (χ0v) is 15.3. The maximum Gasteiger partial charge on any atom is 0.433 e. The summed E-state index contributed by atoms with van der Waals surface area (Å²) < 4.78 is 66.3. The highest BCUT2D eigenvalue weighted by molar-refractivity contribution is 5.99. The Morgan fingerprint density at radius 1 is 1.17 bits per heavy atom. The molecule has 0 unspecified atom stereocenters. The summed E-state index contributed by atoms with van der Waals surface area (Å²) in [6.07, 6.45) is -3.03. The fourth-order valence-corrected chi connectivity index (χ4v) is 3.47. The predicted octanol–water partition coefficient (Wildman–Crippen LogP) is 4.73. The number of rotatable bonds is 3. The molecule has 2 N–H and O–H groups in total. The lowest BCUT2D eigenvalue weighted by Crippen LogP contribution is -2.32. The Bertz CT molecular complexity index is 1030. The number of alkyl halides is 5. The molecule has 11 heteroatoms. The number of halogens is 5. The third-order valence-corrected chi connectivity index (χ3v) is 4.90. The van der Waals surface area contributed by atoms with Gasteiger partial charge in [-0.2, -0.15) is 18.3 Å². The van der Waals surface area contributed by atoms with Gasteiger partial charge in [-0.3, -0.25) is 5.10 Å². The molecular weight excluding hydrogens is 395 g/mol. The summed E-state index contributed by atoms with van der Waals surface area (Å²) in [4.78, 5) is 11.8. The van der Waals surface area contributed by atoms with E-state index in [1.807, 2.05) is 0 Å². The number of hydrogen-bond donors (Lipinski definition) is 2. The standard InChI is InChI=1S/C18H17F5N6/c1-9-25-12(8-13(26-9)18(21,22)23)15-14-11(28-29-15)4-7-24-16(14)27-10-2-5-17(19,20)6-3-10/h4,7-8,10H,2-3,5-6H2,1H3,(H,24,27)(H,28,29). The number of nitrogens with zero attached hydrogens (tertiary/aromatic N) is 4. The van der Waals surface area contributed by atoms with Crippen LogP contribution in [0.2, 0.25) is 0 Å². The van der Waals surface area contributed by atoms with Crippen molar-refractivity contribution >= 4 is 16.7 Å². The van der Waals surface area contributed by atoms with E-state index in [1.54, 1.807) is 6.07 Å². The van der Waals surface area contributed by atoms with Crippen molar-refractivity contribution in [1.82, 2.24) is 25.1 Å². The average Bonchev–Trinajstić information content (AvgIpc) is 3.07. The van der Waals surface area contributed by atoms with Crippen LogP contribution in [-0.4, -0.2) is 37.1 Å². The summed E-state index contributed by atoms with van der Waals surface area (Å²) in [6.45, 7) is 1.37. The van der Waals surface area contributed by atoms with E-state index in [4.69, 9.17) is 0 Å². The molecule has 0 amide bonds. The Kier molecular flexibility index (Phi) is 4.62. The van der Waals surface area contributed by atoms with Gasteiger partial charge in [0.05, 0.1) is 16.6 Å². The molecule has 0 atom stereocenters. The van der Waals surface area contributed by atoms with E-state index < -0.39 is 17.8 Å². The molecule has 0 radical (unpaired) electrons. The minimum atomic E-state index is -4.62. The monoisotopic (exact) mass is 412 g/mol. The van der Waals surface area contributed by atoms with Gasteiger partial charge in [0.1, 0.15) is 23.0 Å². The molecule has 3 heterocycles. The molecular formula is C18H17F5N6. The summed E-state index contributed by atoms with van der Waals surface area (Å²) in [5, 5.41) is 10.5. The second kappa shape index (κ2) is 6.89. The molecule has 0 aliphatic heterocycles. The zero-order valence-electron chi connectivity index (χ0n) is 15.3. The number of aromatic amines is 1. The number of H-pyrrole nitrogens is 1. The SMILES string of the molecule is Cc1nc(-c2n[nH]c3ccnc(NC4CCC(F)(F)CC4)c23)cc(C(F)(F)F)n1. The van der Waals surface area contributed by atoms with Crippen molar-refractivity contribution in [3.63, 3.8) is 0 Å². The van der Waals surface area contributed by atoms with Gasteiger partial charge in [0, 0.05) is 25.1 Å². The largest absolute Gasteiger partial charge is 0.433 e. The van der Waals surface area contributed by atoms with Crippen LogP contribution in [0.5, 0.6) is 0 Å². The molecule has 1 fully saturated rings. The topological polar surface area (TPSA) is 79.4 Å². The van der Waals surface area contributed by atoms with E-state index in [0.29, 0.717) is 16.7 Å². The summed E-state index contributed by atoms with van der Waals surface area (Å²) in [7, 11) is 0. The van der Waals surface area contributed by atoms with Crippen molar-refractivity contribution in [2.24, 2.45) is 0 Å². The highest BCUT2D eigenvalue weighted by Gasteiger charge is 2.36. The van der Waals surface area contributed by atoms with E-state index >= 15 is 0 Å². The lowest BCUT2D eigenvalue weighted by molar-refractivity contribution is -0.141. The average molecular weight is 412 g/mol. The first-order chi connectivity index (χ1) is 13.6. The second-order valence-electron chi connectivity index (χ2n) is 7.11. The lowest BCUT2D eigenvalue weighted by atomic mass is 9.92. The Morgan fingerprint density at radius 3 is 2.59 bits per heavy atom. The van der Waals surface area contributed by atoms with Crippen LogP contribution in [-0.2, 0) is 6.18 Å². The van der Waals surface area contributed by atoms with Crippen molar-refractivity contribution < 1.29 is 22.0 Å². The van der Waals surface area contributed by atoms with Crippen LogP contribution in [0.3, 0.4) is 0 Å². The number of anilines is 1. The van der Waals surface area contributed by atoms with Gasteiger partial charge in [0.2, 0.25) is 5.92 Å². The quantitative estimate of drug-likeness (QED) is 0.608. The van der Waals surface area contributed by atoms with Gasteiger partial charge in [-0.25, -0.2) is 23.7 Å². The molecule has 0 saturated heterocycles. The van der Waals surface area contributed by atoms with Gasteiger partial charge in [0.25, 0.3) is 0 Å². The molecule has 3 aromatic rings. The smallest absolute Gasteiger partial charge is 0.367 e. The molecule has 1 saturated carbocycles. The van der Waals surface area contributed by atoms with Crippen LogP contribution >= 0.6 is 0 Å². The lowest BCUT2D eigenvalue weighted by Gasteiger charge is -2.29. The van der Waals surface area contributed by atoms with Crippen molar-refractivity contribution in [3.8, 4) is 11.4 Å². The first-order valence-corrected chi connectivity index (χ1v) is 9.03. The first kappa shape index (κ1) is 19.5. The minimum absolute atomic E-state index is 0.00213. The molecule has 3 aromatic heterocycles. The molecule has 0 bridgehead atoms. The Labute approximate surface area is 162 Å². The molecule has 0 spiro atoms. The number of pyridine rings is 1. The molecule has 4 rings (SSSR count). The predicted molar refractivity (Wildman–Crippen MR) is 95.5 cm³/mol. The Hall–Kier alpha value is -2.85. The van der Waals surface area contributed by atoms with Crippen LogP contribution < -0.4 is 5.32 Å². The number of hydrogen-bond acceptors (Lipinski definition) is 5. The molecule has 0 aromatic carbocycles. The van der Waals surface area contributed by atoms with Crippen molar-refractivity contribution in [1.29, 1.82) is 0 Å². The van der Waals surface area contributed by atoms with Crippen LogP contribution in [0.4, 0.5) is 27.8 Å². The van der Waals surface area contributed by atoms with E-state index in [9.17, 15) is 22.0 Å². The van der Waals surface area contributed by atoms with Gasteiger partial charge in [0.15, 0.2) is 0 Å². The van der Waals surface area contributed by atoms with Gasteiger partial charge < -0.3 is 5.32 Å². The maximum atomic E-state index is 13.4. The van der Waals surface area contributed by atoms with Crippen LogP contribution in [0.25, 0.3) is 22.3 Å². The van der Waals surface area contributed by atoms with Crippen molar-refractivity contribution in [3.05, 3.63) is 29.8 Å². The Balaban J connectivity index is 1.73. The van der Waals surface area contributed by atoms with Gasteiger partial charge in [-0.1, -0.05) is 0 Å². The highest BCUT2D eigenvalue weighted by Crippen LogP contribution is 2.37. The number of aromatic nitrogens is 5. The Morgan fingerprint density at radius 2 is 1.90 bits per heavy atom. The normalized spacial score (nSPS) is 17.6. The van der Waals surface area contributed by atoms with Gasteiger partial charge >= 0.3 is 6.18 Å². The van der Waals surface area contributed by atoms with E-state index in [1.165, 1.54) is 13.1 Å².